The molecule has 2 amide bonds. The van der Waals surface area contributed by atoms with Crippen LogP contribution in [-0.2, 0) is 11.4 Å². The number of hydrogen-bond donors (Lipinski definition) is 0. The standard InChI is InChI=1S/C20H17BrINO4S/c1-3-23-19(24)17(28-20(23)25)10-13-8-15(21)18(16(9-13)26-2)27-11-12-4-6-14(22)7-5-12/h4-10H,3,11H2,1-2H3/b17-10+. The van der Waals surface area contributed by atoms with Gasteiger partial charge in [0.15, 0.2) is 11.5 Å². The molecular formula is C20H17BrINO4S. The number of likely N-dealkylation sites (N-methyl/N-ethyl adjacent to an activating group) is 1. The van der Waals surface area contributed by atoms with Gasteiger partial charge in [-0.1, -0.05) is 12.1 Å². The van der Waals surface area contributed by atoms with Crippen molar-refractivity contribution >= 4 is 67.5 Å². The van der Waals surface area contributed by atoms with E-state index in [0.717, 1.165) is 26.5 Å². The van der Waals surface area contributed by atoms with Crippen LogP contribution in [0, 0.1) is 3.57 Å². The van der Waals surface area contributed by atoms with Gasteiger partial charge in [-0.2, -0.15) is 0 Å². The van der Waals surface area contributed by atoms with Crippen LogP contribution in [0.1, 0.15) is 18.1 Å². The first-order valence-corrected chi connectivity index (χ1v) is 11.1. The Morgan fingerprint density at radius 1 is 1.21 bits per heavy atom. The molecule has 0 aromatic heterocycles. The topological polar surface area (TPSA) is 55.8 Å². The Morgan fingerprint density at radius 3 is 2.54 bits per heavy atom. The summed E-state index contributed by atoms with van der Waals surface area (Å²) in [6.45, 7) is 2.54. The molecule has 1 aliphatic heterocycles. The molecule has 2 aromatic carbocycles. The second kappa shape index (κ2) is 9.32. The Hall–Kier alpha value is -1.52. The molecule has 146 valence electrons. The highest BCUT2D eigenvalue weighted by Gasteiger charge is 2.33. The van der Waals surface area contributed by atoms with E-state index in [-0.39, 0.29) is 11.1 Å². The molecule has 1 heterocycles. The molecule has 28 heavy (non-hydrogen) atoms. The summed E-state index contributed by atoms with van der Waals surface area (Å²) in [5, 5.41) is -0.248. The number of hydrogen-bond acceptors (Lipinski definition) is 5. The van der Waals surface area contributed by atoms with Gasteiger partial charge >= 0.3 is 0 Å². The lowest BCUT2D eigenvalue weighted by Gasteiger charge is -2.14. The van der Waals surface area contributed by atoms with Crippen molar-refractivity contribution < 1.29 is 19.1 Å². The Kier molecular flexibility index (Phi) is 7.05. The third-order valence-corrected chi connectivity index (χ3v) is 6.25. The van der Waals surface area contributed by atoms with Crippen molar-refractivity contribution in [3.8, 4) is 11.5 Å². The number of amides is 2. The van der Waals surface area contributed by atoms with Gasteiger partial charge in [0.05, 0.1) is 16.5 Å². The molecule has 0 saturated carbocycles. The Labute approximate surface area is 189 Å². The molecule has 0 aliphatic carbocycles. The number of benzene rings is 2. The first kappa shape index (κ1) is 21.2. The van der Waals surface area contributed by atoms with Gasteiger partial charge in [0.2, 0.25) is 0 Å². The predicted octanol–water partition coefficient (Wildman–Crippen LogP) is 5.70. The normalized spacial score (nSPS) is 15.4. The molecule has 1 aliphatic rings. The van der Waals surface area contributed by atoms with Gasteiger partial charge in [-0.25, -0.2) is 0 Å². The zero-order chi connectivity index (χ0) is 20.3. The summed E-state index contributed by atoms with van der Waals surface area (Å²) in [5.74, 6) is 0.854. The monoisotopic (exact) mass is 573 g/mol. The second-order valence-corrected chi connectivity index (χ2v) is 8.97. The maximum atomic E-state index is 12.3. The molecule has 0 bridgehead atoms. The van der Waals surface area contributed by atoms with Gasteiger partial charge in [0, 0.05) is 10.1 Å². The van der Waals surface area contributed by atoms with Crippen LogP contribution in [0.2, 0.25) is 0 Å². The highest BCUT2D eigenvalue weighted by Crippen LogP contribution is 2.39. The summed E-state index contributed by atoms with van der Waals surface area (Å²) in [5.41, 5.74) is 1.79. The van der Waals surface area contributed by atoms with Crippen LogP contribution in [0.15, 0.2) is 45.8 Å². The zero-order valence-electron chi connectivity index (χ0n) is 15.2. The SMILES string of the molecule is CCN1C(=O)S/C(=C/c2cc(Br)c(OCc3ccc(I)cc3)c(OC)c2)C1=O. The van der Waals surface area contributed by atoms with Crippen LogP contribution >= 0.6 is 50.3 Å². The Balaban J connectivity index is 1.83. The molecule has 3 rings (SSSR count). The fourth-order valence-electron chi connectivity index (χ4n) is 2.62. The van der Waals surface area contributed by atoms with E-state index in [1.807, 2.05) is 30.3 Å². The highest BCUT2D eigenvalue weighted by atomic mass is 127. The lowest BCUT2D eigenvalue weighted by molar-refractivity contribution is -0.122. The van der Waals surface area contributed by atoms with E-state index in [1.54, 1.807) is 26.2 Å². The third kappa shape index (κ3) is 4.72. The number of methoxy groups -OCH3 is 1. The van der Waals surface area contributed by atoms with Crippen molar-refractivity contribution in [3.05, 3.63) is 60.5 Å². The van der Waals surface area contributed by atoms with E-state index in [1.165, 1.54) is 4.90 Å². The van der Waals surface area contributed by atoms with Crippen LogP contribution in [0.25, 0.3) is 6.08 Å². The van der Waals surface area contributed by atoms with Gasteiger partial charge < -0.3 is 9.47 Å². The quantitative estimate of drug-likeness (QED) is 0.328. The maximum Gasteiger partial charge on any atom is 0.293 e. The van der Waals surface area contributed by atoms with E-state index >= 15 is 0 Å². The number of thioether (sulfide) groups is 1. The van der Waals surface area contributed by atoms with Gasteiger partial charge in [-0.05, 0) is 98.7 Å². The molecule has 1 saturated heterocycles. The van der Waals surface area contributed by atoms with Crippen LogP contribution in [0.4, 0.5) is 4.79 Å². The number of carbonyl (C=O) groups is 2. The van der Waals surface area contributed by atoms with Crippen molar-refractivity contribution in [3.63, 3.8) is 0 Å². The second-order valence-electron chi connectivity index (χ2n) is 5.88. The predicted molar refractivity (Wildman–Crippen MR) is 123 cm³/mol. The molecule has 8 heteroatoms. The number of carbonyl (C=O) groups excluding carboxylic acids is 2. The molecule has 0 atom stereocenters. The molecule has 2 aromatic rings. The number of imide groups is 1. The summed E-state index contributed by atoms with van der Waals surface area (Å²) >= 11 is 6.72. The van der Waals surface area contributed by atoms with E-state index in [9.17, 15) is 9.59 Å². The molecule has 0 spiro atoms. The minimum Gasteiger partial charge on any atom is -0.493 e. The van der Waals surface area contributed by atoms with Crippen molar-refractivity contribution in [2.45, 2.75) is 13.5 Å². The van der Waals surface area contributed by atoms with Crippen molar-refractivity contribution in [2.24, 2.45) is 0 Å². The molecule has 1 fully saturated rings. The van der Waals surface area contributed by atoms with Crippen LogP contribution in [0.5, 0.6) is 11.5 Å². The van der Waals surface area contributed by atoms with E-state index in [4.69, 9.17) is 9.47 Å². The minimum absolute atomic E-state index is 0.248. The van der Waals surface area contributed by atoms with Gasteiger partial charge in [0.1, 0.15) is 6.61 Å². The van der Waals surface area contributed by atoms with Crippen LogP contribution in [0.3, 0.4) is 0 Å². The molecular weight excluding hydrogens is 557 g/mol. The molecule has 0 unspecified atom stereocenters. The average molecular weight is 574 g/mol. The van der Waals surface area contributed by atoms with E-state index in [2.05, 4.69) is 38.5 Å². The van der Waals surface area contributed by atoms with Crippen LogP contribution in [-0.4, -0.2) is 29.7 Å². The Morgan fingerprint density at radius 2 is 1.93 bits per heavy atom. The average Bonchev–Trinajstić information content (AvgIpc) is 2.94. The molecule has 5 nitrogen and oxygen atoms in total. The smallest absolute Gasteiger partial charge is 0.293 e. The van der Waals surface area contributed by atoms with E-state index in [0.29, 0.717) is 34.0 Å². The van der Waals surface area contributed by atoms with E-state index < -0.39 is 0 Å². The summed E-state index contributed by atoms with van der Waals surface area (Å²) in [6, 6.07) is 11.7. The highest BCUT2D eigenvalue weighted by molar-refractivity contribution is 14.1. The Bertz CT molecular complexity index is 946. The summed E-state index contributed by atoms with van der Waals surface area (Å²) in [7, 11) is 1.56. The summed E-state index contributed by atoms with van der Waals surface area (Å²) in [6.07, 6.45) is 1.69. The van der Waals surface area contributed by atoms with Crippen molar-refractivity contribution in [2.75, 3.05) is 13.7 Å². The first-order chi connectivity index (χ1) is 13.4. The van der Waals surface area contributed by atoms with Gasteiger partial charge in [-0.3, -0.25) is 14.5 Å². The number of ether oxygens (including phenoxy) is 2. The fraction of sp³-hybridized carbons (Fsp3) is 0.200. The molecule has 0 N–H and O–H groups in total. The number of nitrogens with zero attached hydrogens (tertiary/aromatic N) is 1. The zero-order valence-corrected chi connectivity index (χ0v) is 19.8. The lowest BCUT2D eigenvalue weighted by Crippen LogP contribution is -2.27. The van der Waals surface area contributed by atoms with Gasteiger partial charge in [-0.15, -0.1) is 0 Å². The summed E-state index contributed by atoms with van der Waals surface area (Å²) in [4.78, 5) is 25.8. The lowest BCUT2D eigenvalue weighted by atomic mass is 10.1. The maximum absolute atomic E-state index is 12.3. The fourth-order valence-corrected chi connectivity index (χ4v) is 4.46. The van der Waals surface area contributed by atoms with Crippen molar-refractivity contribution in [1.29, 1.82) is 0 Å². The molecule has 0 radical (unpaired) electrons. The third-order valence-electron chi connectivity index (χ3n) is 4.04. The largest absolute Gasteiger partial charge is 0.493 e. The van der Waals surface area contributed by atoms with Crippen molar-refractivity contribution in [1.82, 2.24) is 4.90 Å². The van der Waals surface area contributed by atoms with Crippen LogP contribution < -0.4 is 9.47 Å². The van der Waals surface area contributed by atoms with Gasteiger partial charge in [0.25, 0.3) is 11.1 Å². The first-order valence-electron chi connectivity index (χ1n) is 8.43. The summed E-state index contributed by atoms with van der Waals surface area (Å²) < 4.78 is 13.3. The number of rotatable bonds is 6. The minimum atomic E-state index is -0.272. The number of halogens is 2.